The van der Waals surface area contributed by atoms with Crippen LogP contribution in [0.25, 0.3) is 0 Å². The quantitative estimate of drug-likeness (QED) is 0.791. The van der Waals surface area contributed by atoms with Gasteiger partial charge in [0.25, 0.3) is 0 Å². The van der Waals surface area contributed by atoms with Gasteiger partial charge in [-0.15, -0.1) is 0 Å². The van der Waals surface area contributed by atoms with E-state index < -0.39 is 12.0 Å². The molecular formula is C18H24F2O2. The standard InChI is InChI=1S/C18H24F2O2/c1-10(2)11(3)12-8-15(21)17-13-6-4-5-7-14(13)18(19,20)22-16(17)9-12/h8-11,13-14,21H,4-7H2,1-3H3. The zero-order chi connectivity index (χ0) is 16.1. The van der Waals surface area contributed by atoms with Gasteiger partial charge in [0, 0.05) is 11.5 Å². The van der Waals surface area contributed by atoms with E-state index in [9.17, 15) is 13.9 Å². The van der Waals surface area contributed by atoms with Gasteiger partial charge in [-0.2, -0.15) is 8.78 Å². The number of halogens is 2. The smallest absolute Gasteiger partial charge is 0.401 e. The highest BCUT2D eigenvalue weighted by Crippen LogP contribution is 2.55. The first-order valence-electron chi connectivity index (χ1n) is 8.25. The summed E-state index contributed by atoms with van der Waals surface area (Å²) in [6.07, 6.45) is -0.243. The second kappa shape index (κ2) is 5.39. The Morgan fingerprint density at radius 2 is 1.86 bits per heavy atom. The number of phenolic OH excluding ortho intramolecular Hbond substituents is 1. The van der Waals surface area contributed by atoms with Gasteiger partial charge in [-0.1, -0.05) is 33.6 Å². The van der Waals surface area contributed by atoms with Crippen LogP contribution < -0.4 is 4.74 Å². The summed E-state index contributed by atoms with van der Waals surface area (Å²) in [6, 6.07) is 3.44. The monoisotopic (exact) mass is 310 g/mol. The normalized spacial score (nSPS) is 27.7. The van der Waals surface area contributed by atoms with E-state index in [2.05, 4.69) is 13.8 Å². The van der Waals surface area contributed by atoms with Crippen LogP contribution in [-0.4, -0.2) is 11.2 Å². The van der Waals surface area contributed by atoms with Crippen molar-refractivity contribution in [2.45, 2.75) is 64.4 Å². The molecule has 0 radical (unpaired) electrons. The number of hydrogen-bond acceptors (Lipinski definition) is 2. The predicted octanol–water partition coefficient (Wildman–Crippen LogP) is 5.41. The highest BCUT2D eigenvalue weighted by molar-refractivity contribution is 5.52. The maximum absolute atomic E-state index is 14.3. The molecule has 0 bridgehead atoms. The van der Waals surface area contributed by atoms with Crippen molar-refractivity contribution in [1.29, 1.82) is 0 Å². The highest BCUT2D eigenvalue weighted by atomic mass is 19.3. The first kappa shape index (κ1) is 15.6. The number of ether oxygens (including phenoxy) is 1. The number of phenols is 1. The zero-order valence-electron chi connectivity index (χ0n) is 13.4. The van der Waals surface area contributed by atoms with Crippen LogP contribution in [0.15, 0.2) is 12.1 Å². The fourth-order valence-electron chi connectivity index (χ4n) is 3.84. The Labute approximate surface area is 130 Å². The third-order valence-corrected chi connectivity index (χ3v) is 5.48. The van der Waals surface area contributed by atoms with Crippen molar-refractivity contribution in [3.63, 3.8) is 0 Å². The molecule has 1 aromatic carbocycles. The number of hydrogen-bond donors (Lipinski definition) is 1. The lowest BCUT2D eigenvalue weighted by Crippen LogP contribution is -2.43. The molecule has 0 amide bonds. The highest BCUT2D eigenvalue weighted by Gasteiger charge is 2.53. The van der Waals surface area contributed by atoms with Crippen molar-refractivity contribution in [2.24, 2.45) is 11.8 Å². The largest absolute Gasteiger partial charge is 0.508 e. The van der Waals surface area contributed by atoms with Gasteiger partial charge in [-0.3, -0.25) is 0 Å². The maximum Gasteiger partial charge on any atom is 0.401 e. The molecule has 122 valence electrons. The van der Waals surface area contributed by atoms with Gasteiger partial charge in [0.15, 0.2) is 0 Å². The minimum Gasteiger partial charge on any atom is -0.508 e. The molecule has 0 aromatic heterocycles. The van der Waals surface area contributed by atoms with E-state index in [1.54, 1.807) is 12.1 Å². The fraction of sp³-hybridized carbons (Fsp3) is 0.667. The molecule has 0 saturated heterocycles. The Bertz CT molecular complexity index is 568. The zero-order valence-corrected chi connectivity index (χ0v) is 13.4. The molecular weight excluding hydrogens is 286 g/mol. The van der Waals surface area contributed by atoms with E-state index in [1.807, 2.05) is 6.92 Å². The van der Waals surface area contributed by atoms with Gasteiger partial charge in [0.1, 0.15) is 11.5 Å². The third kappa shape index (κ3) is 2.46. The Hall–Kier alpha value is -1.32. The van der Waals surface area contributed by atoms with Gasteiger partial charge in [-0.05, 0) is 42.4 Å². The van der Waals surface area contributed by atoms with E-state index in [4.69, 9.17) is 4.74 Å². The van der Waals surface area contributed by atoms with Crippen molar-refractivity contribution in [3.8, 4) is 11.5 Å². The molecule has 3 unspecified atom stereocenters. The summed E-state index contributed by atoms with van der Waals surface area (Å²) in [4.78, 5) is 0. The summed E-state index contributed by atoms with van der Waals surface area (Å²) in [6.45, 7) is 6.19. The Kier molecular flexibility index (Phi) is 3.82. The number of alkyl halides is 2. The summed E-state index contributed by atoms with van der Waals surface area (Å²) in [5.41, 5.74) is 1.45. The molecule has 4 heteroatoms. The second-order valence-electron chi connectivity index (χ2n) is 7.15. The molecule has 22 heavy (non-hydrogen) atoms. The lowest BCUT2D eigenvalue weighted by Gasteiger charge is -2.42. The third-order valence-electron chi connectivity index (χ3n) is 5.48. The molecule has 1 fully saturated rings. The van der Waals surface area contributed by atoms with Gasteiger partial charge in [0.2, 0.25) is 0 Å². The van der Waals surface area contributed by atoms with E-state index in [1.165, 1.54) is 0 Å². The molecule has 1 heterocycles. The van der Waals surface area contributed by atoms with Gasteiger partial charge in [-0.25, -0.2) is 0 Å². The molecule has 2 aliphatic rings. The maximum atomic E-state index is 14.3. The van der Waals surface area contributed by atoms with E-state index in [-0.39, 0.29) is 23.3 Å². The average Bonchev–Trinajstić information content (AvgIpc) is 2.45. The average molecular weight is 310 g/mol. The first-order valence-corrected chi connectivity index (χ1v) is 8.25. The number of aromatic hydroxyl groups is 1. The lowest BCUT2D eigenvalue weighted by molar-refractivity contribution is -0.236. The van der Waals surface area contributed by atoms with Crippen LogP contribution in [0.3, 0.4) is 0 Å². The number of benzene rings is 1. The van der Waals surface area contributed by atoms with Crippen molar-refractivity contribution in [2.75, 3.05) is 0 Å². The van der Waals surface area contributed by atoms with E-state index in [0.29, 0.717) is 24.3 Å². The van der Waals surface area contributed by atoms with Gasteiger partial charge < -0.3 is 9.84 Å². The molecule has 1 aliphatic heterocycles. The predicted molar refractivity (Wildman–Crippen MR) is 81.6 cm³/mol. The van der Waals surface area contributed by atoms with Crippen LogP contribution in [0.1, 0.15) is 69.4 Å². The Balaban J connectivity index is 2.07. The molecule has 1 aliphatic carbocycles. The molecule has 1 aromatic rings. The van der Waals surface area contributed by atoms with Crippen LogP contribution >= 0.6 is 0 Å². The fourth-order valence-corrected chi connectivity index (χ4v) is 3.84. The summed E-state index contributed by atoms with van der Waals surface area (Å²) >= 11 is 0. The van der Waals surface area contributed by atoms with Gasteiger partial charge >= 0.3 is 6.11 Å². The van der Waals surface area contributed by atoms with Crippen LogP contribution in [0, 0.1) is 11.8 Å². The summed E-state index contributed by atoms with van der Waals surface area (Å²) in [7, 11) is 0. The van der Waals surface area contributed by atoms with Crippen LogP contribution in [0.5, 0.6) is 11.5 Å². The van der Waals surface area contributed by atoms with Crippen molar-refractivity contribution < 1.29 is 18.6 Å². The van der Waals surface area contributed by atoms with Crippen molar-refractivity contribution in [1.82, 2.24) is 0 Å². The summed E-state index contributed by atoms with van der Waals surface area (Å²) in [5, 5.41) is 10.5. The molecule has 3 atom stereocenters. The molecule has 1 saturated carbocycles. The Morgan fingerprint density at radius 1 is 1.18 bits per heavy atom. The molecule has 0 spiro atoms. The number of rotatable bonds is 2. The Morgan fingerprint density at radius 3 is 2.55 bits per heavy atom. The van der Waals surface area contributed by atoms with E-state index in [0.717, 1.165) is 18.4 Å². The molecule has 1 N–H and O–H groups in total. The van der Waals surface area contributed by atoms with Crippen LogP contribution in [0.4, 0.5) is 8.78 Å². The van der Waals surface area contributed by atoms with E-state index >= 15 is 0 Å². The van der Waals surface area contributed by atoms with Crippen molar-refractivity contribution in [3.05, 3.63) is 23.3 Å². The number of fused-ring (bicyclic) bond motifs is 3. The first-order chi connectivity index (χ1) is 10.3. The minimum absolute atomic E-state index is 0.118. The van der Waals surface area contributed by atoms with Crippen molar-refractivity contribution >= 4 is 0 Å². The molecule has 2 nitrogen and oxygen atoms in total. The summed E-state index contributed by atoms with van der Waals surface area (Å²) < 4.78 is 33.7. The summed E-state index contributed by atoms with van der Waals surface area (Å²) in [5.74, 6) is -0.270. The SMILES string of the molecule is CC(C)C(C)c1cc(O)c2c(c1)OC(F)(F)C1CCCCC21. The van der Waals surface area contributed by atoms with Gasteiger partial charge in [0.05, 0.1) is 5.92 Å². The lowest BCUT2D eigenvalue weighted by atomic mass is 9.72. The second-order valence-corrected chi connectivity index (χ2v) is 7.15. The molecule has 3 rings (SSSR count). The van der Waals surface area contributed by atoms with Crippen LogP contribution in [-0.2, 0) is 0 Å². The topological polar surface area (TPSA) is 29.5 Å². The minimum atomic E-state index is -3.13. The van der Waals surface area contributed by atoms with Crippen LogP contribution in [0.2, 0.25) is 0 Å².